The first-order valence-corrected chi connectivity index (χ1v) is 9.58. The number of hydrogen-bond acceptors (Lipinski definition) is 3. The zero-order valence-electron chi connectivity index (χ0n) is 15.2. The SMILES string of the molecule is CCCC1(c2ccccc2)NC(=O)N(CC(=O)Nc2c(Cl)cccc2Cl)C1=O. The van der Waals surface area contributed by atoms with Gasteiger partial charge >= 0.3 is 6.03 Å². The Labute approximate surface area is 172 Å². The van der Waals surface area contributed by atoms with Gasteiger partial charge in [0.25, 0.3) is 5.91 Å². The number of imide groups is 1. The van der Waals surface area contributed by atoms with Gasteiger partial charge in [-0.25, -0.2) is 4.79 Å². The first-order chi connectivity index (χ1) is 13.4. The number of para-hydroxylation sites is 1. The Morgan fingerprint density at radius 2 is 1.71 bits per heavy atom. The molecule has 0 bridgehead atoms. The van der Waals surface area contributed by atoms with E-state index in [9.17, 15) is 14.4 Å². The van der Waals surface area contributed by atoms with Gasteiger partial charge in [0.1, 0.15) is 12.1 Å². The Kier molecular flexibility index (Phi) is 5.91. The molecule has 28 heavy (non-hydrogen) atoms. The largest absolute Gasteiger partial charge is 0.325 e. The fraction of sp³-hybridized carbons (Fsp3) is 0.250. The van der Waals surface area contributed by atoms with Crippen LogP contribution in [0.15, 0.2) is 48.5 Å². The van der Waals surface area contributed by atoms with E-state index in [0.717, 1.165) is 4.90 Å². The molecule has 0 aliphatic carbocycles. The maximum atomic E-state index is 13.2. The molecule has 1 unspecified atom stereocenters. The molecule has 1 aliphatic heterocycles. The van der Waals surface area contributed by atoms with E-state index in [1.54, 1.807) is 42.5 Å². The van der Waals surface area contributed by atoms with E-state index in [4.69, 9.17) is 23.2 Å². The van der Waals surface area contributed by atoms with Gasteiger partial charge in [-0.05, 0) is 24.1 Å². The topological polar surface area (TPSA) is 78.5 Å². The van der Waals surface area contributed by atoms with Crippen molar-refractivity contribution < 1.29 is 14.4 Å². The van der Waals surface area contributed by atoms with Gasteiger partial charge in [0.05, 0.1) is 15.7 Å². The molecule has 6 nitrogen and oxygen atoms in total. The number of anilines is 1. The Morgan fingerprint density at radius 3 is 2.32 bits per heavy atom. The van der Waals surface area contributed by atoms with Gasteiger partial charge in [0, 0.05) is 0 Å². The summed E-state index contributed by atoms with van der Waals surface area (Å²) in [6.07, 6.45) is 1.10. The van der Waals surface area contributed by atoms with Crippen LogP contribution in [0.5, 0.6) is 0 Å². The minimum atomic E-state index is -1.17. The van der Waals surface area contributed by atoms with Gasteiger partial charge in [0.15, 0.2) is 0 Å². The van der Waals surface area contributed by atoms with Crippen LogP contribution in [0.1, 0.15) is 25.3 Å². The maximum Gasteiger partial charge on any atom is 0.325 e. The number of halogens is 2. The molecule has 2 aromatic carbocycles. The van der Waals surface area contributed by atoms with Crippen molar-refractivity contribution >= 4 is 46.7 Å². The Balaban J connectivity index is 1.82. The average Bonchev–Trinajstić information content (AvgIpc) is 2.91. The maximum absolute atomic E-state index is 13.2. The van der Waals surface area contributed by atoms with E-state index >= 15 is 0 Å². The van der Waals surface area contributed by atoms with Crippen LogP contribution in [0.25, 0.3) is 0 Å². The number of urea groups is 1. The van der Waals surface area contributed by atoms with Crippen LogP contribution in [0.4, 0.5) is 10.5 Å². The number of amides is 4. The minimum absolute atomic E-state index is 0.241. The highest BCUT2D eigenvalue weighted by atomic mass is 35.5. The highest BCUT2D eigenvalue weighted by Gasteiger charge is 2.52. The quantitative estimate of drug-likeness (QED) is 0.689. The lowest BCUT2D eigenvalue weighted by atomic mass is 9.85. The molecule has 0 radical (unpaired) electrons. The predicted octanol–water partition coefficient (Wildman–Crippen LogP) is 4.18. The van der Waals surface area contributed by atoms with Crippen molar-refractivity contribution in [1.82, 2.24) is 10.2 Å². The fourth-order valence-electron chi connectivity index (χ4n) is 3.32. The van der Waals surface area contributed by atoms with Crippen molar-refractivity contribution in [3.63, 3.8) is 0 Å². The number of rotatable bonds is 6. The third-order valence-corrected chi connectivity index (χ3v) is 5.23. The van der Waals surface area contributed by atoms with E-state index in [0.29, 0.717) is 18.4 Å². The molecule has 8 heteroatoms. The monoisotopic (exact) mass is 419 g/mol. The normalized spacial score (nSPS) is 18.9. The van der Waals surface area contributed by atoms with Crippen LogP contribution in [-0.4, -0.2) is 29.3 Å². The summed E-state index contributed by atoms with van der Waals surface area (Å²) in [7, 11) is 0. The van der Waals surface area contributed by atoms with Crippen LogP contribution in [0.2, 0.25) is 10.0 Å². The molecule has 1 heterocycles. The van der Waals surface area contributed by atoms with Crippen molar-refractivity contribution in [2.24, 2.45) is 0 Å². The third kappa shape index (κ3) is 3.70. The second-order valence-corrected chi connectivity index (χ2v) is 7.30. The molecule has 3 rings (SSSR count). The molecule has 0 saturated carbocycles. The molecule has 0 aromatic heterocycles. The zero-order chi connectivity index (χ0) is 20.3. The Bertz CT molecular complexity index is 900. The number of benzene rings is 2. The number of hydrogen-bond donors (Lipinski definition) is 2. The highest BCUT2D eigenvalue weighted by molar-refractivity contribution is 6.39. The van der Waals surface area contributed by atoms with Crippen molar-refractivity contribution in [1.29, 1.82) is 0 Å². The highest BCUT2D eigenvalue weighted by Crippen LogP contribution is 2.34. The van der Waals surface area contributed by atoms with Gasteiger partial charge in [-0.15, -0.1) is 0 Å². The molecule has 1 saturated heterocycles. The molecular weight excluding hydrogens is 401 g/mol. The number of nitrogens with one attached hydrogen (secondary N) is 2. The van der Waals surface area contributed by atoms with E-state index in [-0.39, 0.29) is 15.7 Å². The summed E-state index contributed by atoms with van der Waals surface area (Å²) in [5, 5.41) is 5.88. The van der Waals surface area contributed by atoms with Crippen LogP contribution >= 0.6 is 23.2 Å². The standard InChI is InChI=1S/C20H19Cl2N3O3/c1-2-11-20(13-7-4-3-5-8-13)18(27)25(19(28)24-20)12-16(26)23-17-14(21)9-6-10-15(17)22/h3-10H,2,11-12H2,1H3,(H,23,26)(H,24,28). The lowest BCUT2D eigenvalue weighted by Gasteiger charge is -2.26. The summed E-state index contributed by atoms with van der Waals surface area (Å²) in [6, 6.07) is 13.2. The average molecular weight is 420 g/mol. The van der Waals surface area contributed by atoms with Gasteiger partial charge in [0.2, 0.25) is 5.91 Å². The fourth-order valence-corrected chi connectivity index (χ4v) is 3.81. The van der Waals surface area contributed by atoms with Crippen LogP contribution in [0, 0.1) is 0 Å². The molecule has 2 aromatic rings. The summed E-state index contributed by atoms with van der Waals surface area (Å²) >= 11 is 12.1. The lowest BCUT2D eigenvalue weighted by molar-refractivity contribution is -0.134. The smallest absolute Gasteiger partial charge is 0.322 e. The molecule has 1 atom stereocenters. The Morgan fingerprint density at radius 1 is 1.07 bits per heavy atom. The molecule has 2 N–H and O–H groups in total. The van der Waals surface area contributed by atoms with Gasteiger partial charge < -0.3 is 10.6 Å². The van der Waals surface area contributed by atoms with Crippen molar-refractivity contribution in [2.75, 3.05) is 11.9 Å². The van der Waals surface area contributed by atoms with E-state index in [1.165, 1.54) is 0 Å². The van der Waals surface area contributed by atoms with E-state index in [2.05, 4.69) is 10.6 Å². The molecule has 4 amide bonds. The van der Waals surface area contributed by atoms with E-state index in [1.807, 2.05) is 13.0 Å². The summed E-state index contributed by atoms with van der Waals surface area (Å²) in [6.45, 7) is 1.49. The van der Waals surface area contributed by atoms with Crippen molar-refractivity contribution in [3.8, 4) is 0 Å². The van der Waals surface area contributed by atoms with Crippen LogP contribution in [0.3, 0.4) is 0 Å². The molecule has 1 fully saturated rings. The minimum Gasteiger partial charge on any atom is -0.322 e. The van der Waals surface area contributed by atoms with Gasteiger partial charge in [-0.3, -0.25) is 14.5 Å². The number of carbonyl (C=O) groups is 3. The van der Waals surface area contributed by atoms with Gasteiger partial charge in [-0.2, -0.15) is 0 Å². The predicted molar refractivity (Wildman–Crippen MR) is 108 cm³/mol. The van der Waals surface area contributed by atoms with Crippen molar-refractivity contribution in [3.05, 3.63) is 64.1 Å². The Hall–Kier alpha value is -2.57. The second-order valence-electron chi connectivity index (χ2n) is 6.49. The van der Waals surface area contributed by atoms with Gasteiger partial charge in [-0.1, -0.05) is 72.9 Å². The molecule has 0 spiro atoms. The van der Waals surface area contributed by atoms with Crippen LogP contribution in [-0.2, 0) is 15.1 Å². The molecule has 146 valence electrons. The van der Waals surface area contributed by atoms with Crippen molar-refractivity contribution in [2.45, 2.75) is 25.3 Å². The zero-order valence-corrected chi connectivity index (χ0v) is 16.7. The van der Waals surface area contributed by atoms with Crippen LogP contribution < -0.4 is 10.6 Å². The lowest BCUT2D eigenvalue weighted by Crippen LogP contribution is -2.44. The first kappa shape index (κ1) is 20.2. The number of carbonyl (C=O) groups excluding carboxylic acids is 3. The first-order valence-electron chi connectivity index (χ1n) is 8.82. The summed E-state index contributed by atoms with van der Waals surface area (Å²) in [5.41, 5.74) is -0.242. The second kappa shape index (κ2) is 8.20. The molecule has 1 aliphatic rings. The summed E-state index contributed by atoms with van der Waals surface area (Å²) in [4.78, 5) is 39.1. The van der Waals surface area contributed by atoms with E-state index < -0.39 is 29.9 Å². The summed E-state index contributed by atoms with van der Waals surface area (Å²) < 4.78 is 0. The third-order valence-electron chi connectivity index (χ3n) is 4.60. The molecular formula is C20H19Cl2N3O3. The number of nitrogens with zero attached hydrogens (tertiary/aromatic N) is 1. The summed E-state index contributed by atoms with van der Waals surface area (Å²) in [5.74, 6) is -1.02.